The molecule has 2 aromatic heterocycles. The van der Waals surface area contributed by atoms with E-state index >= 15 is 0 Å². The van der Waals surface area contributed by atoms with Gasteiger partial charge in [0.1, 0.15) is 6.61 Å². The normalized spacial score (nSPS) is 10.1. The molecule has 0 saturated heterocycles. The Balaban J connectivity index is 0.000000533. The molecule has 0 saturated carbocycles. The molecule has 4 aromatic rings. The lowest BCUT2D eigenvalue weighted by Crippen LogP contribution is -2.22. The maximum Gasteiger partial charge on any atom is 0.340 e. The first-order valence-electron chi connectivity index (χ1n) is 15.3. The van der Waals surface area contributed by atoms with E-state index in [0.717, 1.165) is 0 Å². The summed E-state index contributed by atoms with van der Waals surface area (Å²) < 4.78 is 10.2. The minimum Gasteiger partial charge on any atom is -0.478 e. The number of esters is 2. The van der Waals surface area contributed by atoms with E-state index in [1.807, 2.05) is 19.0 Å². The number of carboxylic acids is 2. The van der Waals surface area contributed by atoms with Crippen molar-refractivity contribution in [2.75, 3.05) is 34.4 Å². The number of halogens is 2. The quantitative estimate of drug-likeness (QED) is 0.0915. The van der Waals surface area contributed by atoms with Crippen molar-refractivity contribution < 1.29 is 48.7 Å². The van der Waals surface area contributed by atoms with Crippen LogP contribution >= 0.6 is 34.0 Å². The summed E-state index contributed by atoms with van der Waals surface area (Å²) in [5, 5.41) is 41.7. The number of carbonyl (C=O) groups excluding carboxylic acids is 2. The molecule has 0 aliphatic rings. The summed E-state index contributed by atoms with van der Waals surface area (Å²) in [7, 11) is 4.86. The molecule has 2 heterocycles. The smallest absolute Gasteiger partial charge is 0.340 e. The van der Waals surface area contributed by atoms with Crippen molar-refractivity contribution in [3.05, 3.63) is 114 Å². The van der Waals surface area contributed by atoms with Gasteiger partial charge in [0, 0.05) is 29.8 Å². The van der Waals surface area contributed by atoms with Gasteiger partial charge in [-0.3, -0.25) is 30.2 Å². The monoisotopic (exact) mass is 877 g/mol. The number of aryl methyl sites for hydroxylation is 4. The van der Waals surface area contributed by atoms with E-state index in [9.17, 15) is 49.6 Å². The Morgan fingerprint density at radius 1 is 0.667 bits per heavy atom. The summed E-state index contributed by atoms with van der Waals surface area (Å²) >= 11 is 0. The van der Waals surface area contributed by atoms with Gasteiger partial charge < -0.3 is 24.6 Å². The number of nitrogens with zero attached hydrogens (tertiary/aromatic N) is 5. The van der Waals surface area contributed by atoms with Gasteiger partial charge in [0.2, 0.25) is 0 Å². The number of benzene rings is 2. The van der Waals surface area contributed by atoms with Crippen LogP contribution in [0, 0.1) is 47.9 Å². The van der Waals surface area contributed by atoms with Gasteiger partial charge in [0.05, 0.1) is 73.1 Å². The molecule has 0 aliphatic heterocycles. The van der Waals surface area contributed by atoms with E-state index in [1.165, 1.54) is 63.4 Å². The van der Waals surface area contributed by atoms with Crippen LogP contribution in [-0.4, -0.2) is 93.2 Å². The van der Waals surface area contributed by atoms with Gasteiger partial charge in [-0.25, -0.2) is 19.2 Å². The van der Waals surface area contributed by atoms with Crippen molar-refractivity contribution in [1.82, 2.24) is 14.9 Å². The number of carboxylic acid groups (broad SMARTS) is 2. The van der Waals surface area contributed by atoms with Gasteiger partial charge in [-0.15, -0.1) is 34.0 Å². The average molecular weight is 880 g/mol. The third-order valence-corrected chi connectivity index (χ3v) is 7.65. The van der Waals surface area contributed by atoms with Gasteiger partial charge >= 0.3 is 23.9 Å². The van der Waals surface area contributed by atoms with Crippen LogP contribution in [0.2, 0.25) is 0 Å². The molecule has 2 N–H and O–H groups in total. The number of aromatic carboxylic acids is 2. The molecule has 0 fully saturated rings. The highest BCUT2D eigenvalue weighted by molar-refractivity contribution is 8.93. The second kappa shape index (κ2) is 20.0. The lowest BCUT2D eigenvalue weighted by Gasteiger charge is -2.18. The number of carbonyl (C=O) groups is 4. The molecule has 0 unspecified atom stereocenters. The van der Waals surface area contributed by atoms with E-state index in [0.29, 0.717) is 17.9 Å². The Kier molecular flexibility index (Phi) is 17.1. The summed E-state index contributed by atoms with van der Waals surface area (Å²) in [5.41, 5.74) is -0.627. The molecular weight excluding hydrogens is 842 g/mol. The van der Waals surface area contributed by atoms with E-state index in [1.54, 1.807) is 19.9 Å². The second-order valence-corrected chi connectivity index (χ2v) is 11.4. The summed E-state index contributed by atoms with van der Waals surface area (Å²) in [4.78, 5) is 80.2. The second-order valence-electron chi connectivity index (χ2n) is 11.4. The van der Waals surface area contributed by atoms with Crippen LogP contribution in [-0.2, 0) is 9.47 Å². The Bertz CT molecular complexity index is 2070. The van der Waals surface area contributed by atoms with E-state index in [4.69, 9.17) is 9.47 Å². The number of aromatic nitrogens is 2. The summed E-state index contributed by atoms with van der Waals surface area (Å²) in [6.45, 7) is 6.62. The van der Waals surface area contributed by atoms with Crippen LogP contribution in [0.15, 0.2) is 48.5 Å². The summed E-state index contributed by atoms with van der Waals surface area (Å²) in [6, 6.07) is 11.3. The van der Waals surface area contributed by atoms with Gasteiger partial charge in [-0.2, -0.15) is 0 Å². The zero-order chi connectivity index (χ0) is 39.0. The Morgan fingerprint density at radius 2 is 1.02 bits per heavy atom. The van der Waals surface area contributed by atoms with Crippen LogP contribution in [0.3, 0.4) is 0 Å². The molecule has 17 nitrogen and oxygen atoms in total. The minimum atomic E-state index is -1.40. The average Bonchev–Trinajstić information content (AvgIpc) is 3.06. The highest BCUT2D eigenvalue weighted by atomic mass is 79.9. The predicted octanol–water partition coefficient (Wildman–Crippen LogP) is 6.60. The Morgan fingerprint density at radius 3 is 1.37 bits per heavy atom. The first kappa shape index (κ1) is 46.4. The summed E-state index contributed by atoms with van der Waals surface area (Å²) in [6.07, 6.45) is 0. The number of ether oxygens (including phenoxy) is 2. The number of nitro benzene ring substituents is 2. The van der Waals surface area contributed by atoms with E-state index < -0.39 is 33.7 Å². The van der Waals surface area contributed by atoms with Crippen LogP contribution in [0.4, 0.5) is 11.4 Å². The highest BCUT2D eigenvalue weighted by Gasteiger charge is 2.32. The van der Waals surface area contributed by atoms with E-state index in [2.05, 4.69) is 9.97 Å². The largest absolute Gasteiger partial charge is 0.478 e. The third-order valence-electron chi connectivity index (χ3n) is 7.65. The number of para-hydroxylation sites is 2. The number of rotatable bonds is 11. The lowest BCUT2D eigenvalue weighted by atomic mass is 9.91. The minimum absolute atomic E-state index is 0. The molecule has 0 bridgehead atoms. The molecule has 0 aliphatic carbocycles. The number of methoxy groups -OCH3 is 1. The van der Waals surface area contributed by atoms with Crippen molar-refractivity contribution >= 4 is 69.2 Å². The van der Waals surface area contributed by atoms with Crippen LogP contribution in [0.5, 0.6) is 0 Å². The highest BCUT2D eigenvalue weighted by Crippen LogP contribution is 2.38. The van der Waals surface area contributed by atoms with Gasteiger partial charge in [0.15, 0.2) is 0 Å². The third kappa shape index (κ3) is 10.3. The fraction of sp³-hybridized carbons (Fsp3) is 0.257. The van der Waals surface area contributed by atoms with Gasteiger partial charge in [-0.1, -0.05) is 24.3 Å². The van der Waals surface area contributed by atoms with E-state index in [-0.39, 0.29) is 108 Å². The van der Waals surface area contributed by atoms with Crippen molar-refractivity contribution in [2.45, 2.75) is 27.7 Å². The van der Waals surface area contributed by atoms with Crippen LogP contribution in [0.25, 0.3) is 22.3 Å². The SMILES string of the molecule is Br.Br.COC(=O)c1c(C)nc(C)c(C(=O)OCCN(C)C)c1-c1ccccc1[N+](=O)[O-].Cc1nc(C)c(C(=O)O)c(-c2ccccc2[N+](=O)[O-])c1C(=O)O. The fourth-order valence-corrected chi connectivity index (χ4v) is 5.45. The molecule has 19 heteroatoms. The molecule has 288 valence electrons. The zero-order valence-electron chi connectivity index (χ0n) is 30.1. The predicted molar refractivity (Wildman–Crippen MR) is 206 cm³/mol. The molecule has 0 amide bonds. The van der Waals surface area contributed by atoms with Crippen molar-refractivity contribution in [3.8, 4) is 22.3 Å². The maximum absolute atomic E-state index is 12.9. The van der Waals surface area contributed by atoms with Crippen molar-refractivity contribution in [3.63, 3.8) is 0 Å². The Labute approximate surface area is 329 Å². The topological polar surface area (TPSA) is 242 Å². The molecule has 2 aromatic carbocycles. The number of hydrogen-bond acceptors (Lipinski definition) is 13. The fourth-order valence-electron chi connectivity index (χ4n) is 5.45. The van der Waals surface area contributed by atoms with Crippen molar-refractivity contribution in [1.29, 1.82) is 0 Å². The molecule has 0 atom stereocenters. The first-order valence-corrected chi connectivity index (χ1v) is 15.3. The van der Waals surface area contributed by atoms with Crippen molar-refractivity contribution in [2.24, 2.45) is 0 Å². The van der Waals surface area contributed by atoms with Gasteiger partial charge in [-0.05, 0) is 53.9 Å². The summed E-state index contributed by atoms with van der Waals surface area (Å²) in [5.74, 6) is -4.25. The molecule has 54 heavy (non-hydrogen) atoms. The molecule has 0 radical (unpaired) electrons. The van der Waals surface area contributed by atoms with Crippen LogP contribution < -0.4 is 0 Å². The molecule has 4 rings (SSSR count). The first-order chi connectivity index (χ1) is 24.4. The number of nitro groups is 2. The maximum atomic E-state index is 12.9. The standard InChI is InChI=1S/C20H23N3O6.C15H12N2O6.2BrH/c1-12-16(19(24)28-5)18(14-8-6-7-9-15(14)23(26)27)17(13(2)21-12)20(25)29-11-10-22(3)4;1-7-11(14(18)19)13(12(15(20)21)8(2)16-7)9-5-3-4-6-10(9)17(22)23;;/h6-9H,10-11H2,1-5H3;3-6H,1-2H3,(H,18,19)(H,20,21);2*1H. The molecule has 0 spiro atoms. The van der Waals surface area contributed by atoms with Gasteiger partial charge in [0.25, 0.3) is 11.4 Å². The number of pyridine rings is 2. The zero-order valence-corrected chi connectivity index (χ0v) is 33.5. The number of likely N-dealkylation sites (N-methyl/N-ethyl adjacent to an activating group) is 1. The number of hydrogen-bond donors (Lipinski definition) is 2. The molecular formula is C35H37Br2N5O12. The lowest BCUT2D eigenvalue weighted by molar-refractivity contribution is -0.384. The Hall–Kier alpha value is -5.66. The van der Waals surface area contributed by atoms with Crippen LogP contribution in [0.1, 0.15) is 64.2 Å².